The van der Waals surface area contributed by atoms with E-state index < -0.39 is 28.6 Å². The van der Waals surface area contributed by atoms with Gasteiger partial charge in [-0.2, -0.15) is 15.8 Å². The molecule has 5 aliphatic heterocycles. The van der Waals surface area contributed by atoms with E-state index in [0.717, 1.165) is 40.6 Å². The summed E-state index contributed by atoms with van der Waals surface area (Å²) in [6.07, 6.45) is 26.7. The fourth-order valence-electron chi connectivity index (χ4n) is 17.4. The molecule has 732 valence electrons. The number of amides is 7. The first-order chi connectivity index (χ1) is 69.8. The van der Waals surface area contributed by atoms with Gasteiger partial charge >= 0.3 is 0 Å². The fourth-order valence-corrected chi connectivity index (χ4v) is 17.4. The van der Waals surface area contributed by atoms with Crippen molar-refractivity contribution in [1.29, 1.82) is 15.8 Å². The number of phenols is 1. The molecule has 0 radical (unpaired) electrons. The predicted molar refractivity (Wildman–Crippen MR) is 525 cm³/mol. The Labute approximate surface area is 825 Å². The number of aromatic hydroxyl groups is 1. The normalized spacial score (nSPS) is 15.6. The number of piperidine rings is 4. The number of halogens is 4. The highest BCUT2D eigenvalue weighted by Gasteiger charge is 2.38. The average Bonchev–Trinajstić information content (AvgIpc) is 1.65. The zero-order valence-corrected chi connectivity index (χ0v) is 79.2. The number of likely N-dealkylation sites (tertiary alicyclic amines) is 5. The Morgan fingerprint density at radius 2 is 0.731 bits per heavy atom. The molecule has 0 unspecified atom stereocenters. The van der Waals surface area contributed by atoms with E-state index in [1.807, 2.05) is 68.8 Å². The molecule has 36 nitrogen and oxygen atoms in total. The number of hydrogen-bond acceptors (Lipinski definition) is 24. The van der Waals surface area contributed by atoms with Gasteiger partial charge in [0.05, 0.1) is 104 Å². The molecule has 7 amide bonds. The zero-order chi connectivity index (χ0) is 102. The average molecular weight is 1960 g/mol. The number of anilines is 2. The van der Waals surface area contributed by atoms with E-state index in [4.69, 9.17) is 24.8 Å². The van der Waals surface area contributed by atoms with Crippen LogP contribution in [0.2, 0.25) is 0 Å². The van der Waals surface area contributed by atoms with Gasteiger partial charge in [0.1, 0.15) is 80.8 Å². The Morgan fingerprint density at radius 3 is 1.10 bits per heavy atom. The van der Waals surface area contributed by atoms with Gasteiger partial charge in [-0.15, -0.1) is 0 Å². The lowest BCUT2D eigenvalue weighted by molar-refractivity contribution is 0.0493. The third-order valence-electron chi connectivity index (χ3n) is 26.1. The number of alkyl halides is 4. The number of benzene rings is 3. The standard InChI is InChI=1S/2C23H21FN6O3.C21H19FN4O2.C20H18FN5O.C18H15N5O/c1-23(24)4-8-29(9-5-23)22(32)17-10-15-3-7-30(20(15)26-13-17)18-11-16(12-25-14-18)21(31)28-19-2-6-27-33-19;1-23(24)6-10-29(11-7-23)22(32)16-12-15-5-9-30(20(15)26-13-16)17-2-3-18(25-14-17)21(31)28-19-4-8-27-33-19;1-21(22)5-8-25(9-6-21)20(28)16-10-14-4-7-26(19(14)24-13-16)17-3-2-15(12-23)18(27)11-17;1-20(21)6-8-25(9-7-20)19(27)15-10-17-18(23-12-15)26(13-24-17)16-4-2-14(11-22)3-5-16;1-12-9-22(10-12)18(24)14-6-16-17(20-8-14)23(11-21-16)15-4-2-13(7-19)3-5-15/h2-3,6-7,10-14H,4-5,8-9H2,1H3,(H,28,31);2-5,8-9,12-14H,6-7,10-11H2,1H3,(H,28,31);2-4,7,10-11,13,27H,5-6,8-9H2,1H3;2-5,10,12-13H,6-9H2,1H3;2-6,8,11-12H,9-10H2,1H3. The minimum atomic E-state index is -1.22. The summed E-state index contributed by atoms with van der Waals surface area (Å²) in [5.74, 6) is -0.429. The van der Waals surface area contributed by atoms with Gasteiger partial charge in [0.2, 0.25) is 11.8 Å². The summed E-state index contributed by atoms with van der Waals surface area (Å²) < 4.78 is 74.8. The van der Waals surface area contributed by atoms with Gasteiger partial charge in [-0.1, -0.05) is 17.2 Å². The molecule has 0 atom stereocenters. The number of aromatic nitrogens is 16. The number of nitrogens with one attached hydrogen (secondary N) is 2. The molecule has 145 heavy (non-hydrogen) atoms. The molecule has 0 aliphatic carbocycles. The maximum absolute atomic E-state index is 14.1. The van der Waals surface area contributed by atoms with Crippen molar-refractivity contribution in [3.05, 3.63) is 295 Å². The van der Waals surface area contributed by atoms with E-state index in [0.29, 0.717) is 210 Å². The van der Waals surface area contributed by atoms with Crippen LogP contribution in [0.1, 0.15) is 175 Å². The number of hydrogen-bond donors (Lipinski definition) is 3. The Balaban J connectivity index is 0.000000120. The minimum Gasteiger partial charge on any atom is -0.506 e. The van der Waals surface area contributed by atoms with E-state index in [-0.39, 0.29) is 64.2 Å². The van der Waals surface area contributed by atoms with Crippen molar-refractivity contribution in [3.63, 3.8) is 0 Å². The van der Waals surface area contributed by atoms with Crippen LogP contribution in [-0.2, 0) is 0 Å². The molecule has 5 fully saturated rings. The molecule has 3 aromatic carbocycles. The highest BCUT2D eigenvalue weighted by atomic mass is 19.2. The maximum Gasteiger partial charge on any atom is 0.276 e. The molecule has 5 aliphatic rings. The smallest absolute Gasteiger partial charge is 0.276 e. The molecular weight excluding hydrogens is 1860 g/mol. The summed E-state index contributed by atoms with van der Waals surface area (Å²) in [4.78, 5) is 136. The Bertz CT molecular complexity index is 7860. The van der Waals surface area contributed by atoms with Gasteiger partial charge in [0, 0.05) is 167 Å². The molecule has 0 spiro atoms. The zero-order valence-electron chi connectivity index (χ0n) is 79.2. The Kier molecular flexibility index (Phi) is 27.5. The highest BCUT2D eigenvalue weighted by Crippen LogP contribution is 2.35. The second-order valence-corrected chi connectivity index (χ2v) is 37.1. The van der Waals surface area contributed by atoms with E-state index >= 15 is 0 Å². The van der Waals surface area contributed by atoms with Crippen molar-refractivity contribution in [1.82, 2.24) is 103 Å². The van der Waals surface area contributed by atoms with Gasteiger partial charge in [0.15, 0.2) is 11.3 Å². The summed E-state index contributed by atoms with van der Waals surface area (Å²) in [6, 6.07) is 47.7. The van der Waals surface area contributed by atoms with Crippen LogP contribution in [0.3, 0.4) is 0 Å². The maximum atomic E-state index is 14.1. The molecule has 0 saturated carbocycles. The lowest BCUT2D eigenvalue weighted by Gasteiger charge is -2.37. The van der Waals surface area contributed by atoms with Gasteiger partial charge < -0.3 is 43.2 Å². The van der Waals surface area contributed by atoms with Gasteiger partial charge in [-0.05, 0) is 212 Å². The van der Waals surface area contributed by atoms with Gasteiger partial charge in [-0.25, -0.2) is 57.4 Å². The van der Waals surface area contributed by atoms with Crippen LogP contribution in [0.15, 0.2) is 248 Å². The molecule has 19 heterocycles. The molecule has 3 N–H and O–H groups in total. The first-order valence-corrected chi connectivity index (χ1v) is 46.7. The largest absolute Gasteiger partial charge is 0.506 e. The number of carbonyl (C=O) groups excluding carboxylic acids is 7. The Hall–Kier alpha value is -18.0. The van der Waals surface area contributed by atoms with Crippen molar-refractivity contribution in [2.75, 3.05) is 76.1 Å². The first-order valence-electron chi connectivity index (χ1n) is 46.7. The van der Waals surface area contributed by atoms with Crippen molar-refractivity contribution < 1.29 is 65.3 Å². The van der Waals surface area contributed by atoms with E-state index in [9.17, 15) is 56.2 Å². The summed E-state index contributed by atoms with van der Waals surface area (Å²) in [5, 5.41) is 51.3. The lowest BCUT2D eigenvalue weighted by atomic mass is 9.95. The molecule has 5 saturated heterocycles. The number of imidazole rings is 2. The van der Waals surface area contributed by atoms with E-state index in [1.54, 1.807) is 190 Å². The van der Waals surface area contributed by atoms with Crippen LogP contribution >= 0.6 is 0 Å². The quantitative estimate of drug-likeness (QED) is 0.0851. The van der Waals surface area contributed by atoms with Crippen molar-refractivity contribution in [2.45, 2.75) is 109 Å². The second-order valence-electron chi connectivity index (χ2n) is 37.1. The number of rotatable bonds is 14. The molecule has 40 heteroatoms. The number of nitrogens with zero attached hydrogens (tertiary/aromatic N) is 24. The van der Waals surface area contributed by atoms with E-state index in [2.05, 4.69) is 84.9 Å². The van der Waals surface area contributed by atoms with Crippen molar-refractivity contribution >= 4 is 109 Å². The van der Waals surface area contributed by atoms with Crippen LogP contribution in [0.5, 0.6) is 5.75 Å². The van der Waals surface area contributed by atoms with Crippen molar-refractivity contribution in [3.8, 4) is 52.4 Å². The lowest BCUT2D eigenvalue weighted by Crippen LogP contribution is -2.48. The van der Waals surface area contributed by atoms with Crippen LogP contribution in [0, 0.1) is 39.9 Å². The summed E-state index contributed by atoms with van der Waals surface area (Å²) >= 11 is 0. The van der Waals surface area contributed by atoms with Gasteiger partial charge in [-0.3, -0.25) is 67.4 Å². The monoisotopic (exact) mass is 1950 g/mol. The molecule has 0 bridgehead atoms. The number of pyridine rings is 7. The van der Waals surface area contributed by atoms with Gasteiger partial charge in [0.25, 0.3) is 41.4 Å². The fraction of sp³-hybridized carbons (Fsp3) is 0.267. The molecular formula is C105H94F4N26O10. The molecule has 14 aromatic heterocycles. The molecule has 17 aromatic rings. The first kappa shape index (κ1) is 97.2. The van der Waals surface area contributed by atoms with Crippen LogP contribution < -0.4 is 10.6 Å². The van der Waals surface area contributed by atoms with Crippen LogP contribution in [0.4, 0.5) is 29.3 Å². The number of carbonyl (C=O) groups is 7. The summed E-state index contributed by atoms with van der Waals surface area (Å²) in [7, 11) is 0. The van der Waals surface area contributed by atoms with Crippen LogP contribution in [-0.4, -0.2) is 237 Å². The second kappa shape index (κ2) is 41.0. The third-order valence-corrected chi connectivity index (χ3v) is 26.1. The highest BCUT2D eigenvalue weighted by molar-refractivity contribution is 6.05. The topological polar surface area (TPSA) is 444 Å². The number of fused-ring (bicyclic) bond motifs is 5. The third kappa shape index (κ3) is 22.0. The minimum absolute atomic E-state index is 0.00965. The Morgan fingerprint density at radius 1 is 0.366 bits per heavy atom. The van der Waals surface area contributed by atoms with Crippen LogP contribution in [0.25, 0.3) is 83.9 Å². The SMILES string of the molecule is CC1(F)CCN(C(=O)c2cnc3c(c2)ncn3-c2ccc(C#N)cc2)CC1.CC1(F)CCN(C(=O)c2cnc3c(ccn3-c3ccc(C#N)c(O)c3)c2)CC1.CC1(F)CCN(C(=O)c2cnc3c(ccn3-c3ccc(C(=O)Nc4ccno4)nc3)c2)CC1.CC1(F)CCN(C(=O)c2cnc3c(ccn3-c3cncc(C(=O)Nc4ccno4)c3)c2)CC1.CC1CN(C(=O)c2cnc3c(c2)ncn3-c2ccc(C#N)cc2)C1. The van der Waals surface area contributed by atoms with E-state index in [1.165, 1.54) is 61.6 Å². The summed E-state index contributed by atoms with van der Waals surface area (Å²) in [5.41, 5.74) is 7.78. The number of phenolic OH excluding ortho intramolecular Hbond substituents is 1. The van der Waals surface area contributed by atoms with Crippen molar-refractivity contribution in [2.24, 2.45) is 5.92 Å². The number of nitriles is 3. The molecule has 22 rings (SSSR count). The predicted octanol–water partition coefficient (Wildman–Crippen LogP) is 16.5. The summed E-state index contributed by atoms with van der Waals surface area (Å²) in [6.45, 7) is 13.2.